The average Bonchev–Trinajstić information content (AvgIpc) is 2.14. The van der Waals surface area contributed by atoms with E-state index in [0.29, 0.717) is 0 Å². The molecule has 16 heavy (non-hydrogen) atoms. The highest BCUT2D eigenvalue weighted by molar-refractivity contribution is 5.41. The Morgan fingerprint density at radius 1 is 1.12 bits per heavy atom. The van der Waals surface area contributed by atoms with E-state index in [1.54, 1.807) is 0 Å². The molecule has 0 spiro atoms. The van der Waals surface area contributed by atoms with E-state index in [9.17, 15) is 0 Å². The monoisotopic (exact) mass is 220 g/mol. The molecule has 0 aliphatic rings. The molecule has 0 aliphatic heterocycles. The van der Waals surface area contributed by atoms with Crippen LogP contribution in [0.1, 0.15) is 56.0 Å². The zero-order valence-electron chi connectivity index (χ0n) is 11.3. The number of benzene rings is 1. The fourth-order valence-corrected chi connectivity index (χ4v) is 2.17. The van der Waals surface area contributed by atoms with Gasteiger partial charge in [0.15, 0.2) is 0 Å². The van der Waals surface area contributed by atoms with Crippen molar-refractivity contribution in [3.63, 3.8) is 0 Å². The maximum Gasteiger partial charge on any atom is 0.0437 e. The lowest BCUT2D eigenvalue weighted by Gasteiger charge is -2.24. The van der Waals surface area contributed by atoms with E-state index in [4.69, 9.17) is 5.84 Å². The molecule has 1 rings (SSSR count). The van der Waals surface area contributed by atoms with E-state index < -0.39 is 0 Å². The van der Waals surface area contributed by atoms with Crippen LogP contribution in [0.3, 0.4) is 0 Å². The van der Waals surface area contributed by atoms with Gasteiger partial charge < -0.3 is 0 Å². The maximum atomic E-state index is 5.52. The van der Waals surface area contributed by atoms with Gasteiger partial charge in [-0.05, 0) is 48.4 Å². The number of hydrazine groups is 1. The Morgan fingerprint density at radius 3 is 1.88 bits per heavy atom. The lowest BCUT2D eigenvalue weighted by Crippen LogP contribution is -2.27. The second-order valence-corrected chi connectivity index (χ2v) is 5.66. The Balaban J connectivity index is 3.28. The van der Waals surface area contributed by atoms with E-state index in [-0.39, 0.29) is 11.5 Å². The molecule has 0 radical (unpaired) electrons. The second kappa shape index (κ2) is 4.56. The third-order valence-corrected chi connectivity index (χ3v) is 3.14. The van der Waals surface area contributed by atoms with Crippen LogP contribution < -0.4 is 11.3 Å². The molecule has 2 nitrogen and oxygen atoms in total. The third-order valence-electron chi connectivity index (χ3n) is 3.14. The number of aryl methyl sites for hydroxylation is 2. The summed E-state index contributed by atoms with van der Waals surface area (Å²) in [6.07, 6.45) is 0. The van der Waals surface area contributed by atoms with Gasteiger partial charge in [-0.1, -0.05) is 32.9 Å². The summed E-state index contributed by atoms with van der Waals surface area (Å²) in [5.41, 5.74) is 8.35. The summed E-state index contributed by atoms with van der Waals surface area (Å²) in [4.78, 5) is 0. The molecule has 1 atom stereocenters. The van der Waals surface area contributed by atoms with Crippen LogP contribution in [0, 0.1) is 13.8 Å². The zero-order chi connectivity index (χ0) is 12.5. The summed E-state index contributed by atoms with van der Waals surface area (Å²) in [7, 11) is 0. The Hall–Kier alpha value is -0.860. The maximum absolute atomic E-state index is 5.52. The van der Waals surface area contributed by atoms with Crippen molar-refractivity contribution in [2.45, 2.75) is 53.0 Å². The van der Waals surface area contributed by atoms with Crippen LogP contribution >= 0.6 is 0 Å². The molecule has 0 aliphatic carbocycles. The average molecular weight is 220 g/mol. The predicted octanol–water partition coefficient (Wildman–Crippen LogP) is 3.13. The SMILES string of the molecule is Cc1cc(C(C)(C)C)cc(C)c1[C@H](C)NN. The Morgan fingerprint density at radius 2 is 1.56 bits per heavy atom. The molecule has 0 heterocycles. The molecular weight excluding hydrogens is 196 g/mol. The summed E-state index contributed by atoms with van der Waals surface area (Å²) >= 11 is 0. The highest BCUT2D eigenvalue weighted by Gasteiger charge is 2.17. The van der Waals surface area contributed by atoms with Crippen molar-refractivity contribution in [2.75, 3.05) is 0 Å². The van der Waals surface area contributed by atoms with E-state index in [2.05, 4.69) is 59.1 Å². The summed E-state index contributed by atoms with van der Waals surface area (Å²) < 4.78 is 0. The topological polar surface area (TPSA) is 38.0 Å². The summed E-state index contributed by atoms with van der Waals surface area (Å²) in [6, 6.07) is 4.75. The normalized spacial score (nSPS) is 13.9. The van der Waals surface area contributed by atoms with Crippen LogP contribution in [0.5, 0.6) is 0 Å². The minimum atomic E-state index is 0.202. The van der Waals surface area contributed by atoms with Crippen molar-refractivity contribution in [3.8, 4) is 0 Å². The van der Waals surface area contributed by atoms with E-state index in [0.717, 1.165) is 0 Å². The first-order chi connectivity index (χ1) is 7.27. The number of hydrogen-bond donors (Lipinski definition) is 2. The van der Waals surface area contributed by atoms with Crippen molar-refractivity contribution in [1.29, 1.82) is 0 Å². The molecule has 3 N–H and O–H groups in total. The molecule has 90 valence electrons. The van der Waals surface area contributed by atoms with Crippen LogP contribution in [0.25, 0.3) is 0 Å². The largest absolute Gasteiger partial charge is 0.271 e. The van der Waals surface area contributed by atoms with Crippen molar-refractivity contribution in [3.05, 3.63) is 34.4 Å². The number of nitrogens with one attached hydrogen (secondary N) is 1. The Kier molecular flexibility index (Phi) is 3.76. The first kappa shape index (κ1) is 13.2. The van der Waals surface area contributed by atoms with Crippen molar-refractivity contribution >= 4 is 0 Å². The predicted molar refractivity (Wildman–Crippen MR) is 70.4 cm³/mol. The Labute approximate surface area is 99.2 Å². The third kappa shape index (κ3) is 2.63. The van der Waals surface area contributed by atoms with Crippen LogP contribution in [0.2, 0.25) is 0 Å². The number of nitrogens with two attached hydrogens (primary N) is 1. The molecule has 0 saturated carbocycles. The Bertz CT molecular complexity index is 352. The summed E-state index contributed by atoms with van der Waals surface area (Å²) in [6.45, 7) is 13.1. The number of hydrogen-bond acceptors (Lipinski definition) is 2. The zero-order valence-corrected chi connectivity index (χ0v) is 11.3. The summed E-state index contributed by atoms with van der Waals surface area (Å²) in [5.74, 6) is 5.52. The molecule has 2 heteroatoms. The highest BCUT2D eigenvalue weighted by Crippen LogP contribution is 2.29. The van der Waals surface area contributed by atoms with Gasteiger partial charge in [-0.25, -0.2) is 0 Å². The fraction of sp³-hybridized carbons (Fsp3) is 0.571. The molecule has 1 aromatic rings. The molecule has 0 unspecified atom stereocenters. The molecular formula is C14H24N2. The van der Waals surface area contributed by atoms with Crippen molar-refractivity contribution in [2.24, 2.45) is 5.84 Å². The van der Waals surface area contributed by atoms with Crippen molar-refractivity contribution in [1.82, 2.24) is 5.43 Å². The van der Waals surface area contributed by atoms with Crippen LogP contribution in [0.15, 0.2) is 12.1 Å². The molecule has 0 fully saturated rings. The summed E-state index contributed by atoms with van der Waals surface area (Å²) in [5, 5.41) is 0. The minimum absolute atomic E-state index is 0.202. The van der Waals surface area contributed by atoms with Crippen LogP contribution in [-0.4, -0.2) is 0 Å². The van der Waals surface area contributed by atoms with Gasteiger partial charge in [-0.15, -0.1) is 0 Å². The van der Waals surface area contributed by atoms with Crippen LogP contribution in [0.4, 0.5) is 0 Å². The smallest absolute Gasteiger partial charge is 0.0437 e. The van der Waals surface area contributed by atoms with Gasteiger partial charge in [-0.2, -0.15) is 0 Å². The highest BCUT2D eigenvalue weighted by atomic mass is 15.2. The van der Waals surface area contributed by atoms with Crippen LogP contribution in [-0.2, 0) is 5.41 Å². The molecule has 0 aromatic heterocycles. The van der Waals surface area contributed by atoms with Crippen molar-refractivity contribution < 1.29 is 0 Å². The lowest BCUT2D eigenvalue weighted by molar-refractivity contribution is 0.579. The lowest BCUT2D eigenvalue weighted by atomic mass is 9.83. The second-order valence-electron chi connectivity index (χ2n) is 5.66. The fourth-order valence-electron chi connectivity index (χ4n) is 2.17. The van der Waals surface area contributed by atoms with E-state index in [1.807, 2.05) is 0 Å². The van der Waals surface area contributed by atoms with Gasteiger partial charge in [-0.3, -0.25) is 11.3 Å². The van der Waals surface area contributed by atoms with Gasteiger partial charge in [0.2, 0.25) is 0 Å². The molecule has 0 amide bonds. The first-order valence-corrected chi connectivity index (χ1v) is 5.85. The van der Waals surface area contributed by atoms with Gasteiger partial charge in [0.25, 0.3) is 0 Å². The number of rotatable bonds is 2. The van der Waals surface area contributed by atoms with Gasteiger partial charge in [0, 0.05) is 6.04 Å². The van der Waals surface area contributed by atoms with E-state index >= 15 is 0 Å². The quantitative estimate of drug-likeness (QED) is 0.593. The van der Waals surface area contributed by atoms with Gasteiger partial charge in [0.1, 0.15) is 0 Å². The standard InChI is InChI=1S/C14H24N2/c1-9-7-12(14(4,5)6)8-10(2)13(9)11(3)16-15/h7-8,11,16H,15H2,1-6H3/t11-/m0/s1. The van der Waals surface area contributed by atoms with E-state index in [1.165, 1.54) is 22.3 Å². The first-order valence-electron chi connectivity index (χ1n) is 5.85. The molecule has 1 aromatic carbocycles. The van der Waals surface area contributed by atoms with Gasteiger partial charge in [0.05, 0.1) is 0 Å². The molecule has 0 bridgehead atoms. The minimum Gasteiger partial charge on any atom is -0.271 e. The van der Waals surface area contributed by atoms with Gasteiger partial charge >= 0.3 is 0 Å². The molecule has 0 saturated heterocycles.